The van der Waals surface area contributed by atoms with Crippen molar-refractivity contribution < 1.29 is 9.90 Å². The topological polar surface area (TPSA) is 49.3 Å². The van der Waals surface area contributed by atoms with E-state index in [0.717, 1.165) is 11.3 Å². The fourth-order valence-electron chi connectivity index (χ4n) is 1.28. The van der Waals surface area contributed by atoms with Crippen LogP contribution in [0.3, 0.4) is 0 Å². The summed E-state index contributed by atoms with van der Waals surface area (Å²) in [5, 5.41) is 12.1. The molecule has 94 valence electrons. The molecule has 2 N–H and O–H groups in total. The van der Waals surface area contributed by atoms with Gasteiger partial charge in [0.1, 0.15) is 5.75 Å². The summed E-state index contributed by atoms with van der Waals surface area (Å²) in [6, 6.07) is 7.15. The molecule has 0 heterocycles. The molecule has 0 aliphatic heterocycles. The summed E-state index contributed by atoms with van der Waals surface area (Å²) >= 11 is 1.45. The van der Waals surface area contributed by atoms with Gasteiger partial charge in [-0.2, -0.15) is 0 Å². The largest absolute Gasteiger partial charge is 0.508 e. The van der Waals surface area contributed by atoms with Gasteiger partial charge in [0.25, 0.3) is 0 Å². The SMILES string of the molecule is CCC(C)NC(=O)C(C)Sc1cccc(O)c1. The van der Waals surface area contributed by atoms with Crippen molar-refractivity contribution in [2.45, 2.75) is 43.4 Å². The van der Waals surface area contributed by atoms with Crippen LogP contribution in [0, 0.1) is 0 Å². The van der Waals surface area contributed by atoms with Gasteiger partial charge in [0.15, 0.2) is 0 Å². The maximum atomic E-state index is 11.8. The minimum Gasteiger partial charge on any atom is -0.508 e. The molecular formula is C13H19NO2S. The molecule has 0 aliphatic carbocycles. The summed E-state index contributed by atoms with van der Waals surface area (Å²) in [6.07, 6.45) is 0.926. The van der Waals surface area contributed by atoms with Crippen molar-refractivity contribution in [3.63, 3.8) is 0 Å². The molecule has 2 unspecified atom stereocenters. The summed E-state index contributed by atoms with van der Waals surface area (Å²) in [6.45, 7) is 5.90. The van der Waals surface area contributed by atoms with Gasteiger partial charge >= 0.3 is 0 Å². The van der Waals surface area contributed by atoms with Crippen LogP contribution in [-0.4, -0.2) is 22.3 Å². The molecule has 1 amide bonds. The molecule has 17 heavy (non-hydrogen) atoms. The second kappa shape index (κ2) is 6.55. The van der Waals surface area contributed by atoms with Crippen molar-refractivity contribution in [1.29, 1.82) is 0 Å². The Labute approximate surface area is 107 Å². The summed E-state index contributed by atoms with van der Waals surface area (Å²) in [7, 11) is 0. The summed E-state index contributed by atoms with van der Waals surface area (Å²) < 4.78 is 0. The smallest absolute Gasteiger partial charge is 0.233 e. The van der Waals surface area contributed by atoms with Crippen LogP contribution in [0.2, 0.25) is 0 Å². The van der Waals surface area contributed by atoms with E-state index >= 15 is 0 Å². The van der Waals surface area contributed by atoms with E-state index in [-0.39, 0.29) is 22.9 Å². The number of nitrogens with one attached hydrogen (secondary N) is 1. The van der Waals surface area contributed by atoms with Crippen molar-refractivity contribution in [3.05, 3.63) is 24.3 Å². The van der Waals surface area contributed by atoms with Crippen LogP contribution in [0.5, 0.6) is 5.75 Å². The van der Waals surface area contributed by atoms with Gasteiger partial charge in [-0.25, -0.2) is 0 Å². The molecule has 0 saturated carbocycles. The maximum Gasteiger partial charge on any atom is 0.233 e. The van der Waals surface area contributed by atoms with Gasteiger partial charge in [-0.05, 0) is 38.5 Å². The third-order valence-electron chi connectivity index (χ3n) is 2.50. The zero-order chi connectivity index (χ0) is 12.8. The summed E-state index contributed by atoms with van der Waals surface area (Å²) in [5.74, 6) is 0.261. The minimum atomic E-state index is -0.161. The quantitative estimate of drug-likeness (QED) is 0.793. The third kappa shape index (κ3) is 4.69. The van der Waals surface area contributed by atoms with E-state index in [1.165, 1.54) is 11.8 Å². The van der Waals surface area contributed by atoms with Gasteiger partial charge in [0.05, 0.1) is 5.25 Å². The Morgan fingerprint density at radius 3 is 2.76 bits per heavy atom. The highest BCUT2D eigenvalue weighted by Gasteiger charge is 2.15. The molecule has 0 bridgehead atoms. The molecule has 2 atom stereocenters. The lowest BCUT2D eigenvalue weighted by Gasteiger charge is -2.16. The van der Waals surface area contributed by atoms with E-state index in [2.05, 4.69) is 5.32 Å². The molecule has 0 spiro atoms. The third-order valence-corrected chi connectivity index (χ3v) is 3.59. The number of amides is 1. The first-order chi connectivity index (χ1) is 8.02. The number of thioether (sulfide) groups is 1. The van der Waals surface area contributed by atoms with Gasteiger partial charge in [-0.1, -0.05) is 13.0 Å². The molecule has 0 fully saturated rings. The molecule has 1 aromatic carbocycles. The number of aromatic hydroxyl groups is 1. The van der Waals surface area contributed by atoms with E-state index < -0.39 is 0 Å². The number of hydrogen-bond acceptors (Lipinski definition) is 3. The highest BCUT2D eigenvalue weighted by molar-refractivity contribution is 8.00. The number of benzene rings is 1. The van der Waals surface area contributed by atoms with Crippen molar-refractivity contribution in [3.8, 4) is 5.75 Å². The monoisotopic (exact) mass is 253 g/mol. The van der Waals surface area contributed by atoms with Gasteiger partial charge in [-0.15, -0.1) is 11.8 Å². The van der Waals surface area contributed by atoms with Crippen molar-refractivity contribution in [2.75, 3.05) is 0 Å². The predicted molar refractivity (Wildman–Crippen MR) is 71.3 cm³/mol. The Kier molecular flexibility index (Phi) is 5.35. The molecule has 4 heteroatoms. The summed E-state index contributed by atoms with van der Waals surface area (Å²) in [5.41, 5.74) is 0. The average Bonchev–Trinajstić information content (AvgIpc) is 2.28. The van der Waals surface area contributed by atoms with Gasteiger partial charge in [0, 0.05) is 10.9 Å². The van der Waals surface area contributed by atoms with Crippen LogP contribution in [-0.2, 0) is 4.79 Å². The Balaban J connectivity index is 2.54. The van der Waals surface area contributed by atoms with E-state index in [9.17, 15) is 9.90 Å². The van der Waals surface area contributed by atoms with Crippen LogP contribution in [0.15, 0.2) is 29.2 Å². The van der Waals surface area contributed by atoms with Crippen LogP contribution >= 0.6 is 11.8 Å². The van der Waals surface area contributed by atoms with Crippen molar-refractivity contribution >= 4 is 17.7 Å². The molecule has 1 aromatic rings. The number of carbonyl (C=O) groups excluding carboxylic acids is 1. The van der Waals surface area contributed by atoms with Gasteiger partial charge in [0.2, 0.25) is 5.91 Å². The second-order valence-electron chi connectivity index (χ2n) is 4.08. The number of hydrogen-bond donors (Lipinski definition) is 2. The zero-order valence-electron chi connectivity index (χ0n) is 10.4. The maximum absolute atomic E-state index is 11.8. The van der Waals surface area contributed by atoms with Crippen LogP contribution in [0.4, 0.5) is 0 Å². The van der Waals surface area contributed by atoms with E-state index in [1.807, 2.05) is 26.8 Å². The molecular weight excluding hydrogens is 234 g/mol. The Bertz CT molecular complexity index is 381. The lowest BCUT2D eigenvalue weighted by molar-refractivity contribution is -0.120. The normalized spacial score (nSPS) is 14.1. The van der Waals surface area contributed by atoms with Gasteiger partial charge < -0.3 is 10.4 Å². The van der Waals surface area contributed by atoms with Crippen LogP contribution in [0.25, 0.3) is 0 Å². The highest BCUT2D eigenvalue weighted by atomic mass is 32.2. The van der Waals surface area contributed by atoms with Crippen molar-refractivity contribution in [2.24, 2.45) is 0 Å². The number of phenols is 1. The molecule has 0 radical (unpaired) electrons. The molecule has 0 aliphatic rings. The van der Waals surface area contributed by atoms with E-state index in [1.54, 1.807) is 18.2 Å². The molecule has 0 saturated heterocycles. The first-order valence-corrected chi connectivity index (χ1v) is 6.67. The first-order valence-electron chi connectivity index (χ1n) is 5.79. The summed E-state index contributed by atoms with van der Waals surface area (Å²) in [4.78, 5) is 12.7. The fraction of sp³-hybridized carbons (Fsp3) is 0.462. The standard InChI is InChI=1S/C13H19NO2S/c1-4-9(2)14-13(16)10(3)17-12-7-5-6-11(15)8-12/h5-10,15H,4H2,1-3H3,(H,14,16). The fourth-order valence-corrected chi connectivity index (χ4v) is 2.21. The predicted octanol–water partition coefficient (Wildman–Crippen LogP) is 2.79. The molecule has 0 aromatic heterocycles. The van der Waals surface area contributed by atoms with E-state index in [4.69, 9.17) is 0 Å². The van der Waals surface area contributed by atoms with E-state index in [0.29, 0.717) is 0 Å². The Morgan fingerprint density at radius 2 is 2.18 bits per heavy atom. The molecule has 3 nitrogen and oxygen atoms in total. The number of phenolic OH excluding ortho intramolecular Hbond substituents is 1. The minimum absolute atomic E-state index is 0.0349. The number of rotatable bonds is 5. The van der Waals surface area contributed by atoms with Crippen LogP contribution in [0.1, 0.15) is 27.2 Å². The first kappa shape index (κ1) is 13.9. The zero-order valence-corrected chi connectivity index (χ0v) is 11.3. The number of carbonyl (C=O) groups is 1. The Hall–Kier alpha value is -1.16. The lowest BCUT2D eigenvalue weighted by Crippen LogP contribution is -2.37. The molecule has 1 rings (SSSR count). The highest BCUT2D eigenvalue weighted by Crippen LogP contribution is 2.26. The van der Waals surface area contributed by atoms with Crippen molar-refractivity contribution in [1.82, 2.24) is 5.32 Å². The second-order valence-corrected chi connectivity index (χ2v) is 5.49. The van der Waals surface area contributed by atoms with Crippen LogP contribution < -0.4 is 5.32 Å². The average molecular weight is 253 g/mol. The van der Waals surface area contributed by atoms with Gasteiger partial charge in [-0.3, -0.25) is 4.79 Å². The lowest BCUT2D eigenvalue weighted by atomic mass is 10.2. The Morgan fingerprint density at radius 1 is 1.47 bits per heavy atom.